The van der Waals surface area contributed by atoms with Gasteiger partial charge < -0.3 is 18.9 Å². The minimum atomic E-state index is -0.0372. The monoisotopic (exact) mass is 319 g/mol. The van der Waals surface area contributed by atoms with Crippen LogP contribution in [0, 0.1) is 11.3 Å². The molecule has 0 N–H and O–H groups in total. The molecule has 0 spiro atoms. The van der Waals surface area contributed by atoms with Crippen LogP contribution < -0.4 is 0 Å². The maximum absolute atomic E-state index is 5.93. The van der Waals surface area contributed by atoms with Crippen molar-refractivity contribution >= 4 is 0 Å². The van der Waals surface area contributed by atoms with Crippen LogP contribution in [0.3, 0.4) is 0 Å². The molecule has 5 nitrogen and oxygen atoms in total. The van der Waals surface area contributed by atoms with E-state index in [1.54, 1.807) is 21.3 Å². The summed E-state index contributed by atoms with van der Waals surface area (Å²) in [5.74, 6) is 0.398. The van der Waals surface area contributed by atoms with Crippen LogP contribution in [0.1, 0.15) is 41.0 Å². The Morgan fingerprint density at radius 3 is 1.77 bits per heavy atom. The molecule has 0 aliphatic rings. The van der Waals surface area contributed by atoms with E-state index in [2.05, 4.69) is 39.5 Å². The molecule has 0 aromatic rings. The third-order valence-corrected chi connectivity index (χ3v) is 4.20. The number of nitrogens with zero attached hydrogens (tertiary/aromatic N) is 1. The van der Waals surface area contributed by atoms with Gasteiger partial charge in [0.2, 0.25) is 0 Å². The van der Waals surface area contributed by atoms with E-state index in [9.17, 15) is 0 Å². The summed E-state index contributed by atoms with van der Waals surface area (Å²) in [5, 5.41) is 0. The second kappa shape index (κ2) is 10.6. The summed E-state index contributed by atoms with van der Waals surface area (Å²) in [6.45, 7) is 14.3. The lowest BCUT2D eigenvalue weighted by Gasteiger charge is -2.37. The number of rotatable bonds is 12. The molecule has 0 radical (unpaired) electrons. The molecule has 5 heteroatoms. The van der Waals surface area contributed by atoms with Gasteiger partial charge >= 0.3 is 0 Å². The van der Waals surface area contributed by atoms with Crippen LogP contribution in [0.2, 0.25) is 0 Å². The Labute approximate surface area is 137 Å². The van der Waals surface area contributed by atoms with Gasteiger partial charge in [-0.2, -0.15) is 0 Å². The molecular weight excluding hydrogens is 282 g/mol. The first-order chi connectivity index (χ1) is 10.2. The van der Waals surface area contributed by atoms with Crippen LogP contribution in [0.25, 0.3) is 0 Å². The quantitative estimate of drug-likeness (QED) is 0.408. The normalized spacial score (nSPS) is 14.6. The molecule has 0 heterocycles. The Hall–Kier alpha value is -0.200. The Balaban J connectivity index is 4.30. The fraction of sp³-hybridized carbons (Fsp3) is 1.00. The van der Waals surface area contributed by atoms with E-state index in [1.165, 1.54) is 0 Å². The fourth-order valence-electron chi connectivity index (χ4n) is 2.15. The second-order valence-electron chi connectivity index (χ2n) is 7.53. The summed E-state index contributed by atoms with van der Waals surface area (Å²) in [4.78, 5) is 2.16. The second-order valence-corrected chi connectivity index (χ2v) is 7.53. The molecule has 134 valence electrons. The van der Waals surface area contributed by atoms with E-state index in [4.69, 9.17) is 18.9 Å². The van der Waals surface area contributed by atoms with Crippen LogP contribution in [0.4, 0.5) is 0 Å². The SMILES string of the molecule is COCC(COCCC(C)(C)N(COC)COC)C(C)(C)C. The van der Waals surface area contributed by atoms with E-state index < -0.39 is 0 Å². The Bertz CT molecular complexity index is 270. The summed E-state index contributed by atoms with van der Waals surface area (Å²) in [5.41, 5.74) is 0.147. The van der Waals surface area contributed by atoms with Gasteiger partial charge in [-0.1, -0.05) is 20.8 Å². The van der Waals surface area contributed by atoms with Gasteiger partial charge in [0.05, 0.1) is 13.2 Å². The lowest BCUT2D eigenvalue weighted by Crippen LogP contribution is -2.46. The predicted molar refractivity (Wildman–Crippen MR) is 89.9 cm³/mol. The van der Waals surface area contributed by atoms with E-state index in [-0.39, 0.29) is 11.0 Å². The third-order valence-electron chi connectivity index (χ3n) is 4.20. The number of hydrogen-bond donors (Lipinski definition) is 0. The summed E-state index contributed by atoms with van der Waals surface area (Å²) in [6, 6.07) is 0. The molecule has 0 bridgehead atoms. The maximum atomic E-state index is 5.93. The third kappa shape index (κ3) is 8.44. The summed E-state index contributed by atoms with van der Waals surface area (Å²) in [6.07, 6.45) is 0.920. The molecule has 1 unspecified atom stereocenters. The predicted octanol–water partition coefficient (Wildman–Crippen LogP) is 2.99. The van der Waals surface area contributed by atoms with E-state index in [0.29, 0.717) is 26.0 Å². The fourth-order valence-corrected chi connectivity index (χ4v) is 2.15. The molecule has 0 aliphatic carbocycles. The summed E-state index contributed by atoms with van der Waals surface area (Å²) in [7, 11) is 5.15. The Morgan fingerprint density at radius 1 is 0.818 bits per heavy atom. The first kappa shape index (κ1) is 21.8. The van der Waals surface area contributed by atoms with Crippen molar-refractivity contribution in [3.8, 4) is 0 Å². The highest BCUT2D eigenvalue weighted by molar-refractivity contribution is 4.79. The largest absolute Gasteiger partial charge is 0.384 e. The molecule has 0 saturated heterocycles. The number of ether oxygens (including phenoxy) is 4. The van der Waals surface area contributed by atoms with Gasteiger partial charge in [0.1, 0.15) is 13.5 Å². The molecule has 0 aromatic carbocycles. The first-order valence-electron chi connectivity index (χ1n) is 7.98. The molecule has 0 amide bonds. The average Bonchev–Trinajstić information content (AvgIpc) is 2.40. The molecule has 0 aromatic heterocycles. The highest BCUT2D eigenvalue weighted by Crippen LogP contribution is 2.27. The van der Waals surface area contributed by atoms with Gasteiger partial charge in [-0.05, 0) is 25.7 Å². The minimum absolute atomic E-state index is 0.0372. The van der Waals surface area contributed by atoms with Crippen LogP contribution in [-0.4, -0.2) is 65.1 Å². The van der Waals surface area contributed by atoms with Crippen molar-refractivity contribution < 1.29 is 18.9 Å². The molecule has 0 rings (SSSR count). The number of hydrogen-bond acceptors (Lipinski definition) is 5. The van der Waals surface area contributed by atoms with Crippen LogP contribution >= 0.6 is 0 Å². The molecule has 0 fully saturated rings. The van der Waals surface area contributed by atoms with Crippen molar-refractivity contribution in [2.24, 2.45) is 11.3 Å². The zero-order valence-corrected chi connectivity index (χ0v) is 15.9. The van der Waals surface area contributed by atoms with E-state index in [1.807, 2.05) is 0 Å². The highest BCUT2D eigenvalue weighted by Gasteiger charge is 2.28. The number of methoxy groups -OCH3 is 3. The van der Waals surface area contributed by atoms with Crippen molar-refractivity contribution in [3.63, 3.8) is 0 Å². The van der Waals surface area contributed by atoms with Crippen LogP contribution in [0.15, 0.2) is 0 Å². The van der Waals surface area contributed by atoms with E-state index >= 15 is 0 Å². The van der Waals surface area contributed by atoms with Gasteiger partial charge in [-0.25, -0.2) is 0 Å². The average molecular weight is 319 g/mol. The Morgan fingerprint density at radius 2 is 1.36 bits per heavy atom. The lowest BCUT2D eigenvalue weighted by molar-refractivity contribution is -0.0793. The standard InChI is InChI=1S/C17H37NO4/c1-16(2,3)15(11-19-6)12-22-10-9-17(4,5)18(13-20-7)14-21-8/h15H,9-14H2,1-8H3. The van der Waals surface area contributed by atoms with Crippen LogP contribution in [-0.2, 0) is 18.9 Å². The zero-order valence-electron chi connectivity index (χ0n) is 15.9. The van der Waals surface area contributed by atoms with Crippen molar-refractivity contribution in [1.82, 2.24) is 4.90 Å². The Kier molecular flexibility index (Phi) is 10.5. The molecular formula is C17H37NO4. The minimum Gasteiger partial charge on any atom is -0.384 e. The zero-order chi connectivity index (χ0) is 17.2. The van der Waals surface area contributed by atoms with Gasteiger partial charge in [0.15, 0.2) is 0 Å². The van der Waals surface area contributed by atoms with Crippen LogP contribution in [0.5, 0.6) is 0 Å². The smallest absolute Gasteiger partial charge is 0.101 e. The first-order valence-corrected chi connectivity index (χ1v) is 7.98. The summed E-state index contributed by atoms with van der Waals surface area (Å²) < 4.78 is 21.7. The molecule has 0 aliphatic heterocycles. The topological polar surface area (TPSA) is 40.2 Å². The highest BCUT2D eigenvalue weighted by atomic mass is 16.5. The van der Waals surface area contributed by atoms with Crippen molar-refractivity contribution in [1.29, 1.82) is 0 Å². The van der Waals surface area contributed by atoms with Gasteiger partial charge in [0.25, 0.3) is 0 Å². The van der Waals surface area contributed by atoms with Gasteiger partial charge in [-0.3, -0.25) is 4.90 Å². The van der Waals surface area contributed by atoms with Gasteiger partial charge in [-0.15, -0.1) is 0 Å². The van der Waals surface area contributed by atoms with E-state index in [0.717, 1.165) is 19.6 Å². The maximum Gasteiger partial charge on any atom is 0.101 e. The van der Waals surface area contributed by atoms with Crippen molar-refractivity contribution in [2.45, 2.75) is 46.6 Å². The molecule has 0 saturated carbocycles. The molecule has 22 heavy (non-hydrogen) atoms. The van der Waals surface area contributed by atoms with Crippen molar-refractivity contribution in [2.75, 3.05) is 54.6 Å². The van der Waals surface area contributed by atoms with Crippen molar-refractivity contribution in [3.05, 3.63) is 0 Å². The van der Waals surface area contributed by atoms with Gasteiger partial charge in [0, 0.05) is 39.4 Å². The molecule has 1 atom stereocenters. The summed E-state index contributed by atoms with van der Waals surface area (Å²) >= 11 is 0. The lowest BCUT2D eigenvalue weighted by atomic mass is 9.82.